The van der Waals surface area contributed by atoms with E-state index >= 15 is 0 Å². The van der Waals surface area contributed by atoms with Crippen LogP contribution in [0.3, 0.4) is 0 Å². The first-order valence-electron chi connectivity index (χ1n) is 5.83. The molecule has 3 aromatic carbocycles. The van der Waals surface area contributed by atoms with Crippen LogP contribution in [0.25, 0.3) is 21.9 Å². The molecule has 0 saturated heterocycles. The Kier molecular flexibility index (Phi) is 2.99. The number of thiol groups is 1. The molecule has 0 amide bonds. The van der Waals surface area contributed by atoms with Crippen LogP contribution < -0.4 is 0 Å². The molecule has 3 heteroatoms. The van der Waals surface area contributed by atoms with E-state index in [9.17, 15) is 8.78 Å². The largest absolute Gasteiger partial charge is 0.206 e. The average Bonchev–Trinajstić information content (AvgIpc) is 2.39. The van der Waals surface area contributed by atoms with Gasteiger partial charge in [-0.1, -0.05) is 30.3 Å². The SMILES string of the molecule is Fc1cccc(F)c1-c1cc2ccccc2cc1S. The van der Waals surface area contributed by atoms with Gasteiger partial charge in [0.15, 0.2) is 0 Å². The third-order valence-electron chi connectivity index (χ3n) is 3.10. The maximum atomic E-state index is 13.8. The van der Waals surface area contributed by atoms with E-state index < -0.39 is 11.6 Å². The lowest BCUT2D eigenvalue weighted by atomic mass is 10.0. The second kappa shape index (κ2) is 4.67. The van der Waals surface area contributed by atoms with Crippen molar-refractivity contribution in [3.8, 4) is 11.1 Å². The summed E-state index contributed by atoms with van der Waals surface area (Å²) in [6.07, 6.45) is 0. The molecule has 0 aliphatic carbocycles. The number of halogens is 2. The monoisotopic (exact) mass is 272 g/mol. The topological polar surface area (TPSA) is 0 Å². The molecule has 0 fully saturated rings. The summed E-state index contributed by atoms with van der Waals surface area (Å²) in [5.74, 6) is -1.16. The van der Waals surface area contributed by atoms with Crippen LogP contribution >= 0.6 is 12.6 Å². The number of benzene rings is 3. The Hall–Kier alpha value is -1.87. The van der Waals surface area contributed by atoms with Crippen LogP contribution in [0.2, 0.25) is 0 Å². The van der Waals surface area contributed by atoms with Crippen molar-refractivity contribution < 1.29 is 8.78 Å². The third-order valence-corrected chi connectivity index (χ3v) is 3.47. The van der Waals surface area contributed by atoms with Crippen molar-refractivity contribution in [2.45, 2.75) is 4.90 Å². The highest BCUT2D eigenvalue weighted by Gasteiger charge is 2.14. The van der Waals surface area contributed by atoms with Crippen molar-refractivity contribution in [1.29, 1.82) is 0 Å². The lowest BCUT2D eigenvalue weighted by molar-refractivity contribution is 0.589. The van der Waals surface area contributed by atoms with Crippen LogP contribution in [-0.4, -0.2) is 0 Å². The molecule has 0 bridgehead atoms. The lowest BCUT2D eigenvalue weighted by Crippen LogP contribution is -1.91. The molecule has 3 rings (SSSR count). The lowest BCUT2D eigenvalue weighted by Gasteiger charge is -2.10. The molecule has 0 heterocycles. The summed E-state index contributed by atoms with van der Waals surface area (Å²) >= 11 is 4.35. The van der Waals surface area contributed by atoms with Crippen molar-refractivity contribution in [3.05, 3.63) is 66.2 Å². The highest BCUT2D eigenvalue weighted by atomic mass is 32.1. The van der Waals surface area contributed by atoms with Gasteiger partial charge in [0, 0.05) is 10.5 Å². The summed E-state index contributed by atoms with van der Waals surface area (Å²) in [6.45, 7) is 0. The molecule has 0 aliphatic heterocycles. The third kappa shape index (κ3) is 2.10. The van der Waals surface area contributed by atoms with Crippen molar-refractivity contribution in [3.63, 3.8) is 0 Å². The summed E-state index contributed by atoms with van der Waals surface area (Å²) in [4.78, 5) is 0.558. The van der Waals surface area contributed by atoms with Gasteiger partial charge in [0.2, 0.25) is 0 Å². The van der Waals surface area contributed by atoms with Crippen LogP contribution in [-0.2, 0) is 0 Å². The molecule has 0 aromatic heterocycles. The summed E-state index contributed by atoms with van der Waals surface area (Å²) < 4.78 is 27.7. The van der Waals surface area contributed by atoms with Gasteiger partial charge < -0.3 is 0 Å². The Balaban J connectivity index is 2.33. The molecule has 0 spiro atoms. The highest BCUT2D eigenvalue weighted by Crippen LogP contribution is 2.34. The molecular weight excluding hydrogens is 262 g/mol. The van der Waals surface area contributed by atoms with Crippen molar-refractivity contribution in [1.82, 2.24) is 0 Å². The van der Waals surface area contributed by atoms with Crippen LogP contribution in [0.15, 0.2) is 59.5 Å². The maximum absolute atomic E-state index is 13.8. The fourth-order valence-corrected chi connectivity index (χ4v) is 2.50. The fraction of sp³-hybridized carbons (Fsp3) is 0. The molecule has 0 saturated carbocycles. The molecule has 0 radical (unpaired) electrons. The predicted octanol–water partition coefficient (Wildman–Crippen LogP) is 5.07. The molecule has 0 N–H and O–H groups in total. The Morgan fingerprint density at radius 1 is 0.737 bits per heavy atom. The molecule has 0 aliphatic rings. The molecular formula is C16H10F2S. The number of hydrogen-bond acceptors (Lipinski definition) is 1. The van der Waals surface area contributed by atoms with Gasteiger partial charge in [-0.25, -0.2) is 8.78 Å². The fourth-order valence-electron chi connectivity index (χ4n) is 2.18. The first kappa shape index (κ1) is 12.2. The summed E-state index contributed by atoms with van der Waals surface area (Å²) in [6, 6.07) is 15.1. The smallest absolute Gasteiger partial charge is 0.134 e. The van der Waals surface area contributed by atoms with E-state index in [2.05, 4.69) is 12.6 Å². The van der Waals surface area contributed by atoms with Gasteiger partial charge in [-0.3, -0.25) is 0 Å². The van der Waals surface area contributed by atoms with Crippen LogP contribution in [0, 0.1) is 11.6 Å². The van der Waals surface area contributed by atoms with E-state index in [0.717, 1.165) is 10.8 Å². The molecule has 19 heavy (non-hydrogen) atoms. The zero-order chi connectivity index (χ0) is 13.4. The molecule has 0 atom stereocenters. The molecule has 0 unspecified atom stereocenters. The van der Waals surface area contributed by atoms with E-state index in [0.29, 0.717) is 10.5 Å². The second-order valence-corrected chi connectivity index (χ2v) is 4.79. The van der Waals surface area contributed by atoms with Crippen LogP contribution in [0.4, 0.5) is 8.78 Å². The minimum absolute atomic E-state index is 0.0294. The zero-order valence-electron chi connectivity index (χ0n) is 9.90. The van der Waals surface area contributed by atoms with Crippen molar-refractivity contribution in [2.24, 2.45) is 0 Å². The van der Waals surface area contributed by atoms with E-state index in [1.165, 1.54) is 18.2 Å². The quantitative estimate of drug-likeness (QED) is 0.587. The van der Waals surface area contributed by atoms with Crippen LogP contribution in [0.1, 0.15) is 0 Å². The Labute approximate surface area is 115 Å². The normalized spacial score (nSPS) is 10.9. The second-order valence-electron chi connectivity index (χ2n) is 4.31. The van der Waals surface area contributed by atoms with E-state index in [1.54, 1.807) is 6.07 Å². The van der Waals surface area contributed by atoms with E-state index in [4.69, 9.17) is 0 Å². The van der Waals surface area contributed by atoms with Crippen LogP contribution in [0.5, 0.6) is 0 Å². The molecule has 3 aromatic rings. The Bertz CT molecular complexity index is 746. The molecule has 94 valence electrons. The Morgan fingerprint density at radius 3 is 1.95 bits per heavy atom. The minimum Gasteiger partial charge on any atom is -0.206 e. The van der Waals surface area contributed by atoms with Gasteiger partial charge in [-0.2, -0.15) is 0 Å². The standard InChI is InChI=1S/C16H10F2S/c17-13-6-3-7-14(18)16(13)12-8-10-4-1-2-5-11(10)9-15(12)19/h1-9,19H. The van der Waals surface area contributed by atoms with Gasteiger partial charge in [-0.15, -0.1) is 12.6 Å². The van der Waals surface area contributed by atoms with Gasteiger partial charge in [0.25, 0.3) is 0 Å². The van der Waals surface area contributed by atoms with Gasteiger partial charge in [0.05, 0.1) is 5.56 Å². The molecule has 0 nitrogen and oxygen atoms in total. The summed E-state index contributed by atoms with van der Waals surface area (Å²) in [7, 11) is 0. The van der Waals surface area contributed by atoms with Crippen molar-refractivity contribution >= 4 is 23.4 Å². The summed E-state index contributed by atoms with van der Waals surface area (Å²) in [5.41, 5.74) is 0.441. The van der Waals surface area contributed by atoms with Gasteiger partial charge in [-0.05, 0) is 35.0 Å². The predicted molar refractivity (Wildman–Crippen MR) is 76.6 cm³/mol. The Morgan fingerprint density at radius 2 is 1.32 bits per heavy atom. The zero-order valence-corrected chi connectivity index (χ0v) is 10.8. The van der Waals surface area contributed by atoms with Crippen molar-refractivity contribution in [2.75, 3.05) is 0 Å². The number of rotatable bonds is 1. The first-order valence-corrected chi connectivity index (χ1v) is 6.27. The van der Waals surface area contributed by atoms with Gasteiger partial charge >= 0.3 is 0 Å². The maximum Gasteiger partial charge on any atom is 0.134 e. The van der Waals surface area contributed by atoms with E-state index in [1.807, 2.05) is 30.3 Å². The highest BCUT2D eigenvalue weighted by molar-refractivity contribution is 7.80. The average molecular weight is 272 g/mol. The van der Waals surface area contributed by atoms with Gasteiger partial charge in [0.1, 0.15) is 11.6 Å². The number of hydrogen-bond donors (Lipinski definition) is 1. The van der Waals surface area contributed by atoms with E-state index in [-0.39, 0.29) is 5.56 Å². The summed E-state index contributed by atoms with van der Waals surface area (Å²) in [5, 5.41) is 1.92. The number of fused-ring (bicyclic) bond motifs is 1. The first-order chi connectivity index (χ1) is 9.16. The minimum atomic E-state index is -0.578.